The Kier molecular flexibility index (Phi) is 3.88. The molecule has 6 nitrogen and oxygen atoms in total. The molecule has 1 amide bonds. The predicted octanol–water partition coefficient (Wildman–Crippen LogP) is -0.654. The van der Waals surface area contributed by atoms with Gasteiger partial charge < -0.3 is 5.32 Å². The van der Waals surface area contributed by atoms with E-state index in [4.69, 9.17) is 5.26 Å². The first kappa shape index (κ1) is 12.9. The summed E-state index contributed by atoms with van der Waals surface area (Å²) in [6.07, 6.45) is 2.00. The molecular weight excluding hydrogens is 230 g/mol. The van der Waals surface area contributed by atoms with Crippen LogP contribution in [0.25, 0.3) is 0 Å². The first-order chi connectivity index (χ1) is 7.46. The highest BCUT2D eigenvalue weighted by Crippen LogP contribution is 2.40. The molecule has 1 saturated carbocycles. The van der Waals surface area contributed by atoms with E-state index < -0.39 is 15.4 Å². The minimum atomic E-state index is -3.30. The lowest BCUT2D eigenvalue weighted by molar-refractivity contribution is -0.131. The number of sulfonamides is 1. The SMILES string of the molecule is CNS(=O)(=O)CCNC(=O)C1(C#N)CCC1. The third-order valence-corrected chi connectivity index (χ3v) is 4.19. The lowest BCUT2D eigenvalue weighted by atomic mass is 9.69. The summed E-state index contributed by atoms with van der Waals surface area (Å²) in [5.74, 6) is -0.524. The number of nitriles is 1. The number of amides is 1. The van der Waals surface area contributed by atoms with Crippen LogP contribution in [0, 0.1) is 16.7 Å². The van der Waals surface area contributed by atoms with Crippen molar-refractivity contribution in [2.75, 3.05) is 19.3 Å². The van der Waals surface area contributed by atoms with Gasteiger partial charge in [-0.05, 0) is 26.3 Å². The van der Waals surface area contributed by atoms with Crippen molar-refractivity contribution in [3.05, 3.63) is 0 Å². The molecule has 1 rings (SSSR count). The van der Waals surface area contributed by atoms with Crippen LogP contribution in [0.4, 0.5) is 0 Å². The second kappa shape index (κ2) is 4.80. The van der Waals surface area contributed by atoms with Gasteiger partial charge in [-0.1, -0.05) is 0 Å². The third kappa shape index (κ3) is 2.71. The van der Waals surface area contributed by atoms with E-state index in [1.54, 1.807) is 0 Å². The van der Waals surface area contributed by atoms with E-state index in [2.05, 4.69) is 10.0 Å². The summed E-state index contributed by atoms with van der Waals surface area (Å²) in [5, 5.41) is 11.4. The number of hydrogen-bond donors (Lipinski definition) is 2. The molecule has 0 atom stereocenters. The molecule has 0 aromatic rings. The van der Waals surface area contributed by atoms with Crippen LogP contribution in [0.5, 0.6) is 0 Å². The number of nitrogens with zero attached hydrogens (tertiary/aromatic N) is 1. The van der Waals surface area contributed by atoms with Gasteiger partial charge in [0.15, 0.2) is 0 Å². The number of carbonyl (C=O) groups is 1. The Morgan fingerprint density at radius 2 is 2.12 bits per heavy atom. The largest absolute Gasteiger partial charge is 0.354 e. The van der Waals surface area contributed by atoms with Crippen molar-refractivity contribution in [1.29, 1.82) is 5.26 Å². The fourth-order valence-corrected chi connectivity index (χ4v) is 2.07. The molecule has 0 heterocycles. The highest BCUT2D eigenvalue weighted by Gasteiger charge is 2.44. The van der Waals surface area contributed by atoms with Crippen LogP contribution in [0.2, 0.25) is 0 Å². The Bertz CT molecular complexity index is 406. The van der Waals surface area contributed by atoms with Crippen molar-refractivity contribution in [1.82, 2.24) is 10.0 Å². The van der Waals surface area contributed by atoms with Crippen LogP contribution >= 0.6 is 0 Å². The summed E-state index contributed by atoms with van der Waals surface area (Å²) in [6, 6.07) is 2.00. The van der Waals surface area contributed by atoms with E-state index in [9.17, 15) is 13.2 Å². The monoisotopic (exact) mass is 245 g/mol. The van der Waals surface area contributed by atoms with Crippen LogP contribution in [-0.4, -0.2) is 33.7 Å². The van der Waals surface area contributed by atoms with E-state index in [1.165, 1.54) is 7.05 Å². The first-order valence-electron chi connectivity index (χ1n) is 5.06. The Hall–Kier alpha value is -1.13. The molecule has 0 aromatic carbocycles. The zero-order valence-electron chi connectivity index (χ0n) is 9.12. The number of hydrogen-bond acceptors (Lipinski definition) is 4. The van der Waals surface area contributed by atoms with E-state index in [0.717, 1.165) is 6.42 Å². The molecule has 7 heteroatoms. The first-order valence-corrected chi connectivity index (χ1v) is 6.72. The highest BCUT2D eigenvalue weighted by molar-refractivity contribution is 7.89. The van der Waals surface area contributed by atoms with Crippen molar-refractivity contribution >= 4 is 15.9 Å². The Morgan fingerprint density at radius 3 is 2.50 bits per heavy atom. The molecule has 0 radical (unpaired) electrons. The Morgan fingerprint density at radius 1 is 1.50 bits per heavy atom. The van der Waals surface area contributed by atoms with Gasteiger partial charge in [-0.15, -0.1) is 0 Å². The molecule has 1 fully saturated rings. The zero-order chi connectivity index (χ0) is 12.2. The molecule has 0 aliphatic heterocycles. The smallest absolute Gasteiger partial charge is 0.240 e. The molecule has 1 aliphatic carbocycles. The molecule has 16 heavy (non-hydrogen) atoms. The van der Waals surface area contributed by atoms with Gasteiger partial charge >= 0.3 is 0 Å². The maximum atomic E-state index is 11.6. The van der Waals surface area contributed by atoms with Crippen LogP contribution in [0.3, 0.4) is 0 Å². The molecule has 1 aliphatic rings. The number of carbonyl (C=O) groups excluding carboxylic acids is 1. The van der Waals surface area contributed by atoms with E-state index in [1.807, 2.05) is 6.07 Å². The van der Waals surface area contributed by atoms with Crippen LogP contribution in [0.1, 0.15) is 19.3 Å². The van der Waals surface area contributed by atoms with Gasteiger partial charge in [0.05, 0.1) is 11.8 Å². The summed E-state index contributed by atoms with van der Waals surface area (Å²) in [7, 11) is -1.98. The van der Waals surface area contributed by atoms with Crippen molar-refractivity contribution in [2.24, 2.45) is 5.41 Å². The summed E-state index contributed by atoms with van der Waals surface area (Å²) >= 11 is 0. The molecule has 0 bridgehead atoms. The van der Waals surface area contributed by atoms with Gasteiger partial charge in [-0.3, -0.25) is 4.79 Å². The molecular formula is C9H15N3O3S. The minimum Gasteiger partial charge on any atom is -0.354 e. The van der Waals surface area contributed by atoms with Crippen LogP contribution in [-0.2, 0) is 14.8 Å². The molecule has 0 spiro atoms. The van der Waals surface area contributed by atoms with Gasteiger partial charge in [0, 0.05) is 6.54 Å². The predicted molar refractivity (Wildman–Crippen MR) is 57.8 cm³/mol. The molecule has 0 aromatic heterocycles. The van der Waals surface area contributed by atoms with E-state index in [0.29, 0.717) is 12.8 Å². The lowest BCUT2D eigenvalue weighted by Crippen LogP contribution is -2.46. The summed E-state index contributed by atoms with van der Waals surface area (Å²) in [6.45, 7) is 0.0332. The average molecular weight is 245 g/mol. The van der Waals surface area contributed by atoms with E-state index in [-0.39, 0.29) is 18.2 Å². The van der Waals surface area contributed by atoms with Gasteiger partial charge in [-0.2, -0.15) is 5.26 Å². The zero-order valence-corrected chi connectivity index (χ0v) is 9.93. The van der Waals surface area contributed by atoms with Crippen LogP contribution in [0.15, 0.2) is 0 Å². The standard InChI is InChI=1S/C9H15N3O3S/c1-11-16(14,15)6-5-12-8(13)9(7-10)3-2-4-9/h11H,2-6H2,1H3,(H,12,13). The fourth-order valence-electron chi connectivity index (χ4n) is 1.49. The Labute approximate surface area is 95.1 Å². The van der Waals surface area contributed by atoms with Crippen LogP contribution < -0.4 is 10.0 Å². The average Bonchev–Trinajstić information content (AvgIpc) is 2.17. The number of nitrogens with one attached hydrogen (secondary N) is 2. The second-order valence-corrected chi connectivity index (χ2v) is 5.87. The molecule has 0 unspecified atom stereocenters. The lowest BCUT2D eigenvalue weighted by Gasteiger charge is -2.33. The van der Waals surface area contributed by atoms with Crippen molar-refractivity contribution in [3.8, 4) is 6.07 Å². The maximum Gasteiger partial charge on any atom is 0.240 e. The Balaban J connectivity index is 2.40. The maximum absolute atomic E-state index is 11.6. The quantitative estimate of drug-likeness (QED) is 0.672. The number of rotatable bonds is 5. The van der Waals surface area contributed by atoms with Crippen molar-refractivity contribution in [2.45, 2.75) is 19.3 Å². The van der Waals surface area contributed by atoms with Gasteiger partial charge in [-0.25, -0.2) is 13.1 Å². The second-order valence-electron chi connectivity index (χ2n) is 3.83. The van der Waals surface area contributed by atoms with Gasteiger partial charge in [0.1, 0.15) is 5.41 Å². The third-order valence-electron chi connectivity index (χ3n) is 2.82. The molecule has 0 saturated heterocycles. The van der Waals surface area contributed by atoms with Gasteiger partial charge in [0.2, 0.25) is 15.9 Å². The molecule has 2 N–H and O–H groups in total. The van der Waals surface area contributed by atoms with E-state index >= 15 is 0 Å². The summed E-state index contributed by atoms with van der Waals surface area (Å²) in [4.78, 5) is 11.6. The minimum absolute atomic E-state index is 0.0332. The molecule has 90 valence electrons. The van der Waals surface area contributed by atoms with Crippen molar-refractivity contribution < 1.29 is 13.2 Å². The summed E-state index contributed by atoms with van der Waals surface area (Å²) < 4.78 is 24.3. The van der Waals surface area contributed by atoms with Crippen molar-refractivity contribution in [3.63, 3.8) is 0 Å². The normalized spacial score (nSPS) is 18.2. The van der Waals surface area contributed by atoms with Gasteiger partial charge in [0.25, 0.3) is 0 Å². The summed E-state index contributed by atoms with van der Waals surface area (Å²) in [5.41, 5.74) is -0.913. The fraction of sp³-hybridized carbons (Fsp3) is 0.778. The highest BCUT2D eigenvalue weighted by atomic mass is 32.2. The topological polar surface area (TPSA) is 99.1 Å².